The number of para-hydroxylation sites is 1. The van der Waals surface area contributed by atoms with Gasteiger partial charge in [-0.05, 0) is 31.0 Å². The molecule has 156 valence electrons. The quantitative estimate of drug-likeness (QED) is 0.515. The molecule has 0 aliphatic carbocycles. The molecular formula is C23H22N6O2. The molecule has 5 rings (SSSR count). The molecule has 0 N–H and O–H groups in total. The number of carbonyl (C=O) groups is 2. The second kappa shape index (κ2) is 7.46. The predicted octanol–water partition coefficient (Wildman–Crippen LogP) is 2.96. The van der Waals surface area contributed by atoms with Crippen molar-refractivity contribution in [2.24, 2.45) is 0 Å². The Morgan fingerprint density at radius 1 is 1.10 bits per heavy atom. The molecule has 4 heterocycles. The first-order chi connectivity index (χ1) is 15.0. The van der Waals surface area contributed by atoms with Gasteiger partial charge in [-0.3, -0.25) is 14.6 Å². The van der Waals surface area contributed by atoms with Crippen molar-refractivity contribution in [2.75, 3.05) is 20.6 Å². The standard InChI is InChI=1S/C23H22N6O2/c1-27(2)23(31)17-14-26-29-20(9-10-24-21(17)29)19-8-5-11-28(19)22(30)16-12-15-6-3-4-7-18(15)25-13-16/h3-4,6-7,9-10,12-14,19H,5,8,11H2,1-2H3/t19-/m1/s1. The molecule has 3 aromatic heterocycles. The molecule has 1 atom stereocenters. The van der Waals surface area contributed by atoms with Gasteiger partial charge in [-0.25, -0.2) is 9.50 Å². The number of carbonyl (C=O) groups excluding carboxylic acids is 2. The minimum atomic E-state index is -0.152. The van der Waals surface area contributed by atoms with Crippen LogP contribution in [-0.4, -0.2) is 61.8 Å². The summed E-state index contributed by atoms with van der Waals surface area (Å²) in [5.74, 6) is -0.205. The van der Waals surface area contributed by atoms with Crippen LogP contribution in [0.4, 0.5) is 0 Å². The number of hydrogen-bond acceptors (Lipinski definition) is 5. The van der Waals surface area contributed by atoms with E-state index in [1.165, 1.54) is 4.90 Å². The molecule has 0 saturated carbocycles. The largest absolute Gasteiger partial charge is 0.345 e. The molecule has 1 aliphatic rings. The molecule has 1 aliphatic heterocycles. The zero-order valence-corrected chi connectivity index (χ0v) is 17.4. The van der Waals surface area contributed by atoms with E-state index in [9.17, 15) is 9.59 Å². The van der Waals surface area contributed by atoms with Crippen LogP contribution in [0.3, 0.4) is 0 Å². The number of aromatic nitrogens is 4. The Labute approximate surface area is 179 Å². The topological polar surface area (TPSA) is 83.7 Å². The van der Waals surface area contributed by atoms with Gasteiger partial charge in [0, 0.05) is 38.4 Å². The van der Waals surface area contributed by atoms with E-state index in [1.54, 1.807) is 37.2 Å². The van der Waals surface area contributed by atoms with Gasteiger partial charge in [0.2, 0.25) is 0 Å². The zero-order chi connectivity index (χ0) is 21.5. The van der Waals surface area contributed by atoms with Crippen LogP contribution < -0.4 is 0 Å². The first kappa shape index (κ1) is 19.2. The Morgan fingerprint density at radius 2 is 1.94 bits per heavy atom. The zero-order valence-electron chi connectivity index (χ0n) is 17.4. The summed E-state index contributed by atoms with van der Waals surface area (Å²) in [4.78, 5) is 38.1. The monoisotopic (exact) mass is 414 g/mol. The third-order valence-corrected chi connectivity index (χ3v) is 5.76. The van der Waals surface area contributed by atoms with Crippen molar-refractivity contribution < 1.29 is 9.59 Å². The summed E-state index contributed by atoms with van der Waals surface area (Å²) < 4.78 is 1.69. The fourth-order valence-corrected chi connectivity index (χ4v) is 4.23. The minimum Gasteiger partial charge on any atom is -0.345 e. The van der Waals surface area contributed by atoms with Gasteiger partial charge in [0.05, 0.1) is 29.0 Å². The number of benzene rings is 1. The number of likely N-dealkylation sites (tertiary alicyclic amines) is 1. The molecule has 8 nitrogen and oxygen atoms in total. The summed E-state index contributed by atoms with van der Waals surface area (Å²) >= 11 is 0. The lowest BCUT2D eigenvalue weighted by Gasteiger charge is -2.25. The van der Waals surface area contributed by atoms with Crippen LogP contribution in [0.5, 0.6) is 0 Å². The van der Waals surface area contributed by atoms with Gasteiger partial charge >= 0.3 is 0 Å². The molecule has 0 spiro atoms. The summed E-state index contributed by atoms with van der Waals surface area (Å²) in [5.41, 5.74) is 3.23. The highest BCUT2D eigenvalue weighted by Crippen LogP contribution is 2.33. The van der Waals surface area contributed by atoms with Crippen LogP contribution >= 0.6 is 0 Å². The summed E-state index contributed by atoms with van der Waals surface area (Å²) in [6, 6.07) is 11.4. The number of fused-ring (bicyclic) bond motifs is 2. The first-order valence-electron chi connectivity index (χ1n) is 10.2. The van der Waals surface area contributed by atoms with Crippen molar-refractivity contribution in [2.45, 2.75) is 18.9 Å². The van der Waals surface area contributed by atoms with Crippen molar-refractivity contribution in [3.63, 3.8) is 0 Å². The fourth-order valence-electron chi connectivity index (χ4n) is 4.23. The Kier molecular flexibility index (Phi) is 4.62. The SMILES string of the molecule is CN(C)C(=O)c1cnn2c([C@H]3CCCN3C(=O)c3cnc4ccccc4c3)ccnc12. The number of nitrogens with zero attached hydrogens (tertiary/aromatic N) is 6. The van der Waals surface area contributed by atoms with Gasteiger partial charge in [0.15, 0.2) is 5.65 Å². The van der Waals surface area contributed by atoms with Crippen molar-refractivity contribution in [3.8, 4) is 0 Å². The number of amides is 2. The third-order valence-electron chi connectivity index (χ3n) is 5.76. The lowest BCUT2D eigenvalue weighted by Crippen LogP contribution is -2.31. The van der Waals surface area contributed by atoms with Crippen molar-refractivity contribution in [3.05, 3.63) is 71.8 Å². The fraction of sp³-hybridized carbons (Fsp3) is 0.261. The molecule has 1 fully saturated rings. The highest BCUT2D eigenvalue weighted by atomic mass is 16.2. The number of pyridine rings is 1. The van der Waals surface area contributed by atoms with Gasteiger partial charge in [-0.15, -0.1) is 0 Å². The Morgan fingerprint density at radius 3 is 2.77 bits per heavy atom. The first-order valence-corrected chi connectivity index (χ1v) is 10.2. The van der Waals surface area contributed by atoms with E-state index in [4.69, 9.17) is 0 Å². The number of rotatable bonds is 3. The Hall–Kier alpha value is -3.81. The van der Waals surface area contributed by atoms with Gasteiger partial charge in [-0.2, -0.15) is 5.10 Å². The van der Waals surface area contributed by atoms with E-state index >= 15 is 0 Å². The van der Waals surface area contributed by atoms with E-state index in [2.05, 4.69) is 15.1 Å². The van der Waals surface area contributed by atoms with Crippen LogP contribution in [0.2, 0.25) is 0 Å². The van der Waals surface area contributed by atoms with Gasteiger partial charge in [0.25, 0.3) is 11.8 Å². The van der Waals surface area contributed by atoms with Crippen molar-refractivity contribution in [1.82, 2.24) is 29.4 Å². The lowest BCUT2D eigenvalue weighted by atomic mass is 10.1. The van der Waals surface area contributed by atoms with Gasteiger partial charge in [-0.1, -0.05) is 18.2 Å². The Bertz CT molecular complexity index is 1310. The van der Waals surface area contributed by atoms with Gasteiger partial charge in [0.1, 0.15) is 5.56 Å². The predicted molar refractivity (Wildman–Crippen MR) is 116 cm³/mol. The van der Waals surface area contributed by atoms with Crippen LogP contribution in [0.25, 0.3) is 16.6 Å². The lowest BCUT2D eigenvalue weighted by molar-refractivity contribution is 0.0730. The Balaban J connectivity index is 1.52. The average molecular weight is 414 g/mol. The molecule has 1 saturated heterocycles. The van der Waals surface area contributed by atoms with E-state index in [1.807, 2.05) is 41.3 Å². The summed E-state index contributed by atoms with van der Waals surface area (Å²) in [5, 5.41) is 5.37. The average Bonchev–Trinajstić information content (AvgIpc) is 3.45. The molecule has 2 amide bonds. The van der Waals surface area contributed by atoms with Crippen molar-refractivity contribution in [1.29, 1.82) is 0 Å². The molecule has 1 aromatic carbocycles. The molecule has 0 unspecified atom stereocenters. The molecule has 8 heteroatoms. The highest BCUT2D eigenvalue weighted by Gasteiger charge is 2.33. The van der Waals surface area contributed by atoms with E-state index in [0.717, 1.165) is 29.4 Å². The smallest absolute Gasteiger partial charge is 0.258 e. The normalized spacial score (nSPS) is 16.2. The van der Waals surface area contributed by atoms with Crippen LogP contribution in [0.15, 0.2) is 55.0 Å². The van der Waals surface area contributed by atoms with Crippen LogP contribution in [0, 0.1) is 0 Å². The van der Waals surface area contributed by atoms with Crippen molar-refractivity contribution >= 4 is 28.4 Å². The summed E-state index contributed by atoms with van der Waals surface area (Å²) in [6.45, 7) is 0.658. The molecule has 4 aromatic rings. The maximum atomic E-state index is 13.4. The second-order valence-electron chi connectivity index (χ2n) is 7.94. The molecular weight excluding hydrogens is 392 g/mol. The molecule has 0 bridgehead atoms. The van der Waals surface area contributed by atoms with Crippen LogP contribution in [0.1, 0.15) is 45.3 Å². The second-order valence-corrected chi connectivity index (χ2v) is 7.94. The van der Waals surface area contributed by atoms with Gasteiger partial charge < -0.3 is 9.80 Å². The molecule has 31 heavy (non-hydrogen) atoms. The highest BCUT2D eigenvalue weighted by molar-refractivity contribution is 5.99. The van der Waals surface area contributed by atoms with E-state index < -0.39 is 0 Å². The minimum absolute atomic E-state index is 0.0533. The van der Waals surface area contributed by atoms with E-state index in [-0.39, 0.29) is 17.9 Å². The summed E-state index contributed by atoms with van der Waals surface area (Å²) in [7, 11) is 3.40. The summed E-state index contributed by atoms with van der Waals surface area (Å²) in [6.07, 6.45) is 6.58. The van der Waals surface area contributed by atoms with Crippen LogP contribution in [-0.2, 0) is 0 Å². The third kappa shape index (κ3) is 3.20. The molecule has 0 radical (unpaired) electrons. The van der Waals surface area contributed by atoms with E-state index in [0.29, 0.717) is 23.3 Å². The maximum absolute atomic E-state index is 13.4. The number of hydrogen-bond donors (Lipinski definition) is 0. The maximum Gasteiger partial charge on any atom is 0.258 e.